The normalized spacial score (nSPS) is 17.2. The minimum Gasteiger partial charge on any atom is -0.754 e. The first-order valence-corrected chi connectivity index (χ1v) is 12.2. The van der Waals surface area contributed by atoms with Gasteiger partial charge >= 0.3 is 0 Å². The van der Waals surface area contributed by atoms with Crippen LogP contribution in [0.15, 0.2) is 97.6 Å². The Kier molecular flexibility index (Phi) is 6.12. The lowest BCUT2D eigenvalue weighted by Crippen LogP contribution is -2.31. The summed E-state index contributed by atoms with van der Waals surface area (Å²) in [5, 5.41) is 0. The maximum absolute atomic E-state index is 12.8. The third-order valence-corrected chi connectivity index (χ3v) is 7.39. The molecule has 0 fully saturated rings. The smallest absolute Gasteiger partial charge is 0.261 e. The minimum absolute atomic E-state index is 0.146. The van der Waals surface area contributed by atoms with Gasteiger partial charge in [-0.1, -0.05) is 36.4 Å². The molecule has 30 heavy (non-hydrogen) atoms. The highest BCUT2D eigenvalue weighted by atomic mass is 32.2. The van der Waals surface area contributed by atoms with Crippen LogP contribution in [-0.4, -0.2) is 37.1 Å². The Morgan fingerprint density at radius 2 is 1.37 bits per heavy atom. The molecule has 0 aliphatic heterocycles. The van der Waals surface area contributed by atoms with E-state index in [0.717, 1.165) is 6.08 Å². The molecule has 12 heteroatoms. The average molecular weight is 466 g/mol. The Morgan fingerprint density at radius 1 is 0.833 bits per heavy atom. The van der Waals surface area contributed by atoms with E-state index in [1.807, 2.05) is 0 Å². The molecule has 9 nitrogen and oxygen atoms in total. The van der Waals surface area contributed by atoms with Crippen LogP contribution in [0.4, 0.5) is 0 Å². The second-order valence-electron chi connectivity index (χ2n) is 5.86. The highest BCUT2D eigenvalue weighted by molar-refractivity contribution is 7.96. The topological polar surface area (TPSA) is 150 Å². The van der Waals surface area contributed by atoms with Crippen LogP contribution in [0.3, 0.4) is 0 Å². The van der Waals surface area contributed by atoms with Gasteiger partial charge in [0, 0.05) is 6.08 Å². The SMILES string of the molecule is O=C1C=C(NS(=O)(=O)c2ccccc2)/C(=N\S(=O)[O-])C=C1S(=O)(=O)c1ccccc1. The van der Waals surface area contributed by atoms with Gasteiger partial charge in [-0.2, -0.15) is 4.40 Å². The fraction of sp³-hybridized carbons (Fsp3) is 0. The third kappa shape index (κ3) is 4.62. The molecule has 0 amide bonds. The van der Waals surface area contributed by atoms with E-state index in [9.17, 15) is 30.4 Å². The summed E-state index contributed by atoms with van der Waals surface area (Å²) in [4.78, 5) is 11.4. The van der Waals surface area contributed by atoms with Gasteiger partial charge in [-0.3, -0.25) is 13.7 Å². The van der Waals surface area contributed by atoms with Crippen molar-refractivity contribution in [1.82, 2.24) is 4.72 Å². The van der Waals surface area contributed by atoms with Gasteiger partial charge in [0.25, 0.3) is 10.0 Å². The summed E-state index contributed by atoms with van der Waals surface area (Å²) < 4.78 is 78.1. The van der Waals surface area contributed by atoms with Crippen LogP contribution < -0.4 is 4.72 Å². The molecular formula is C18H13N2O7S3-. The Labute approximate surface area is 175 Å². The number of sulfonamides is 1. The van der Waals surface area contributed by atoms with Crippen molar-refractivity contribution in [2.24, 2.45) is 4.40 Å². The van der Waals surface area contributed by atoms with E-state index in [-0.39, 0.29) is 9.79 Å². The van der Waals surface area contributed by atoms with E-state index in [1.165, 1.54) is 48.5 Å². The number of hydrogen-bond donors (Lipinski definition) is 1. The number of benzene rings is 2. The molecule has 3 rings (SSSR count). The Hall–Kier alpha value is -2.93. The predicted molar refractivity (Wildman–Crippen MR) is 108 cm³/mol. The second kappa shape index (κ2) is 8.44. The molecule has 0 heterocycles. The molecule has 1 unspecified atom stereocenters. The third-order valence-electron chi connectivity index (χ3n) is 3.88. The lowest BCUT2D eigenvalue weighted by atomic mass is 10.1. The zero-order chi connectivity index (χ0) is 21.9. The van der Waals surface area contributed by atoms with E-state index in [1.54, 1.807) is 12.1 Å². The number of carbonyl (C=O) groups excluding carboxylic acids is 1. The van der Waals surface area contributed by atoms with Crippen LogP contribution in [0, 0.1) is 0 Å². The largest absolute Gasteiger partial charge is 0.754 e. The molecule has 0 saturated heterocycles. The lowest BCUT2D eigenvalue weighted by Gasteiger charge is -2.17. The van der Waals surface area contributed by atoms with E-state index in [4.69, 9.17) is 0 Å². The summed E-state index contributed by atoms with van der Waals surface area (Å²) in [5.41, 5.74) is -1.02. The van der Waals surface area contributed by atoms with Gasteiger partial charge in [0.05, 0.1) is 32.5 Å². The molecule has 0 spiro atoms. The van der Waals surface area contributed by atoms with Crippen molar-refractivity contribution >= 4 is 42.6 Å². The standard InChI is InChI=1S/C18H14N2O7S3/c21-17-11-16(20-30(26,27)14-9-5-2-6-10-14)15(19-28(22)23)12-18(17)29(24,25)13-7-3-1-4-8-13/h1-12,20H,(H,22,23)/p-1/b19-15-. The Balaban J connectivity index is 2.05. The minimum atomic E-state index is -4.29. The molecule has 0 radical (unpaired) electrons. The molecule has 0 saturated carbocycles. The van der Waals surface area contributed by atoms with E-state index in [2.05, 4.69) is 9.12 Å². The van der Waals surface area contributed by atoms with Crippen molar-refractivity contribution in [3.63, 3.8) is 0 Å². The van der Waals surface area contributed by atoms with Gasteiger partial charge in [-0.05, 0) is 30.3 Å². The summed E-state index contributed by atoms with van der Waals surface area (Å²) in [6.07, 6.45) is 1.41. The molecular weight excluding hydrogens is 452 g/mol. The molecule has 0 aromatic heterocycles. The van der Waals surface area contributed by atoms with Gasteiger partial charge in [-0.15, -0.1) is 0 Å². The monoisotopic (exact) mass is 465 g/mol. The first kappa shape index (κ1) is 21.8. The van der Waals surface area contributed by atoms with Crippen molar-refractivity contribution in [2.75, 3.05) is 0 Å². The Morgan fingerprint density at radius 3 is 1.90 bits per heavy atom. The van der Waals surface area contributed by atoms with Gasteiger partial charge in [0.2, 0.25) is 9.84 Å². The van der Waals surface area contributed by atoms with Crippen molar-refractivity contribution in [1.29, 1.82) is 0 Å². The number of nitrogens with one attached hydrogen (secondary N) is 1. The quantitative estimate of drug-likeness (QED) is 0.494. The summed E-state index contributed by atoms with van der Waals surface area (Å²) in [6.45, 7) is 0. The Bertz CT molecular complexity index is 1310. The van der Waals surface area contributed by atoms with Crippen molar-refractivity contribution in [3.05, 3.63) is 83.4 Å². The lowest BCUT2D eigenvalue weighted by molar-refractivity contribution is -0.110. The van der Waals surface area contributed by atoms with Crippen molar-refractivity contribution in [3.8, 4) is 0 Å². The highest BCUT2D eigenvalue weighted by Gasteiger charge is 2.31. The van der Waals surface area contributed by atoms with Crippen LogP contribution >= 0.6 is 0 Å². The molecule has 1 aliphatic carbocycles. The number of carbonyl (C=O) groups is 1. The van der Waals surface area contributed by atoms with Crippen LogP contribution in [-0.2, 0) is 35.9 Å². The van der Waals surface area contributed by atoms with Crippen LogP contribution in [0.2, 0.25) is 0 Å². The fourth-order valence-electron chi connectivity index (χ4n) is 2.53. The molecule has 1 aliphatic rings. The number of sulfone groups is 1. The van der Waals surface area contributed by atoms with Crippen LogP contribution in [0.5, 0.6) is 0 Å². The zero-order valence-corrected chi connectivity index (χ0v) is 17.4. The molecule has 1 atom stereocenters. The number of allylic oxidation sites excluding steroid dienone is 3. The predicted octanol–water partition coefficient (Wildman–Crippen LogP) is 1.02. The first-order valence-electron chi connectivity index (χ1n) is 8.15. The molecule has 1 N–H and O–H groups in total. The fourth-order valence-corrected chi connectivity index (χ4v) is 5.28. The first-order chi connectivity index (χ1) is 14.1. The summed E-state index contributed by atoms with van der Waals surface area (Å²) in [6, 6.07) is 14.2. The van der Waals surface area contributed by atoms with Gasteiger partial charge in [-0.25, -0.2) is 16.8 Å². The maximum Gasteiger partial charge on any atom is 0.261 e. The maximum atomic E-state index is 12.8. The second-order valence-corrected chi connectivity index (χ2v) is 10.1. The number of nitrogens with zero attached hydrogens (tertiary/aromatic N) is 1. The number of ketones is 1. The van der Waals surface area contributed by atoms with E-state index >= 15 is 0 Å². The highest BCUT2D eigenvalue weighted by Crippen LogP contribution is 2.25. The van der Waals surface area contributed by atoms with E-state index < -0.39 is 53.2 Å². The zero-order valence-electron chi connectivity index (χ0n) is 15.0. The molecule has 0 bridgehead atoms. The van der Waals surface area contributed by atoms with Gasteiger partial charge < -0.3 is 4.55 Å². The van der Waals surface area contributed by atoms with Crippen molar-refractivity contribution in [2.45, 2.75) is 9.79 Å². The van der Waals surface area contributed by atoms with Crippen LogP contribution in [0.25, 0.3) is 0 Å². The molecule has 156 valence electrons. The molecule has 2 aromatic rings. The molecule has 2 aromatic carbocycles. The van der Waals surface area contributed by atoms with Gasteiger partial charge in [0.1, 0.15) is 4.91 Å². The summed E-state index contributed by atoms with van der Waals surface area (Å²) >= 11 is -3.04. The van der Waals surface area contributed by atoms with Crippen molar-refractivity contribution < 1.29 is 30.4 Å². The summed E-state index contributed by atoms with van der Waals surface area (Å²) in [7, 11) is -8.48. The number of rotatable bonds is 6. The van der Waals surface area contributed by atoms with E-state index in [0.29, 0.717) is 6.08 Å². The number of hydrogen-bond acceptors (Lipinski definition) is 7. The average Bonchev–Trinajstić information content (AvgIpc) is 2.70. The van der Waals surface area contributed by atoms with Gasteiger partial charge in [0.15, 0.2) is 5.78 Å². The van der Waals surface area contributed by atoms with Crippen LogP contribution in [0.1, 0.15) is 0 Å². The summed E-state index contributed by atoms with van der Waals surface area (Å²) in [5.74, 6) is -1.03.